The maximum atomic E-state index is 2.52. The van der Waals surface area contributed by atoms with Gasteiger partial charge in [0, 0.05) is 0 Å². The van der Waals surface area contributed by atoms with E-state index >= 15 is 0 Å². The van der Waals surface area contributed by atoms with Gasteiger partial charge in [-0.2, -0.15) is 22.4 Å². The smallest absolute Gasteiger partial charge is 0.160 e. The van der Waals surface area contributed by atoms with E-state index in [-0.39, 0.29) is 0 Å². The van der Waals surface area contributed by atoms with Gasteiger partial charge in [0.25, 0.3) is 0 Å². The number of hydrogen-bond acceptors (Lipinski definition) is 0. The second-order valence-corrected chi connectivity index (χ2v) is 4.40. The Morgan fingerprint density at radius 3 is 2.25 bits per heavy atom. The van der Waals surface area contributed by atoms with E-state index in [0.29, 0.717) is 0 Å². The van der Waals surface area contributed by atoms with E-state index in [9.17, 15) is 0 Å². The van der Waals surface area contributed by atoms with E-state index in [1.54, 1.807) is 0 Å². The van der Waals surface area contributed by atoms with Crippen molar-refractivity contribution < 1.29 is 0 Å². The number of hydrogen-bond donors (Lipinski definition) is 0. The Bertz CT molecular complexity index is 56.4. The Hall–Kier alpha value is 0.860. The van der Waals surface area contributed by atoms with Gasteiger partial charge in [-0.15, -0.1) is 0 Å². The standard InChI is InChI=1S/C5H13B2I/c1-4-7(8)6-5(2)3/h5-6H,4H2,1-3H3. The Kier molecular flexibility index (Phi) is 5.22. The Morgan fingerprint density at radius 1 is 1.62 bits per heavy atom. The molecule has 0 radical (unpaired) electrons. The highest BCUT2D eigenvalue weighted by molar-refractivity contribution is 14.1. The van der Waals surface area contributed by atoms with Gasteiger partial charge in [0.15, 0.2) is 4.46 Å². The maximum absolute atomic E-state index is 2.52. The molecule has 3 heteroatoms. The van der Waals surface area contributed by atoms with Crippen LogP contribution in [0, 0.1) is 0 Å². The van der Waals surface area contributed by atoms with Crippen LogP contribution in [0.3, 0.4) is 0 Å². The minimum absolute atomic E-state index is 0.872. The fourth-order valence-corrected chi connectivity index (χ4v) is 1.70. The van der Waals surface area contributed by atoms with Crippen molar-refractivity contribution in [1.29, 1.82) is 0 Å². The molecule has 0 nitrogen and oxygen atoms in total. The van der Waals surface area contributed by atoms with E-state index in [2.05, 4.69) is 43.1 Å². The highest BCUT2D eigenvalue weighted by Gasteiger charge is 2.08. The van der Waals surface area contributed by atoms with Gasteiger partial charge in [0.05, 0.1) is 0 Å². The summed E-state index contributed by atoms with van der Waals surface area (Å²) in [5, 5.41) is 0. The molecule has 0 aliphatic heterocycles. The van der Waals surface area contributed by atoms with Crippen LogP contribution in [-0.2, 0) is 0 Å². The molecular weight excluding hydrogens is 209 g/mol. The monoisotopic (exact) mass is 222 g/mol. The molecular formula is C5H13B2I. The summed E-state index contributed by atoms with van der Waals surface area (Å²) in [6.07, 6.45) is 1.32. The third kappa shape index (κ3) is 5.01. The molecule has 46 valence electrons. The Morgan fingerprint density at radius 2 is 2.12 bits per heavy atom. The first-order valence-corrected chi connectivity index (χ1v) is 4.55. The van der Waals surface area contributed by atoms with Crippen LogP contribution in [0.5, 0.6) is 0 Å². The quantitative estimate of drug-likeness (QED) is 0.506. The van der Waals surface area contributed by atoms with Crippen molar-refractivity contribution in [3.05, 3.63) is 0 Å². The second-order valence-electron chi connectivity index (χ2n) is 2.64. The summed E-state index contributed by atoms with van der Waals surface area (Å²) in [7, 11) is 1.37. The first kappa shape index (κ1) is 8.86. The van der Waals surface area contributed by atoms with E-state index in [1.807, 2.05) is 0 Å². The van der Waals surface area contributed by atoms with Crippen LogP contribution in [0.4, 0.5) is 0 Å². The molecule has 0 fully saturated rings. The second kappa shape index (κ2) is 4.71. The average Bonchev–Trinajstić information content (AvgIpc) is 1.65. The van der Waals surface area contributed by atoms with Gasteiger partial charge in [-0.1, -0.05) is 32.9 Å². The number of halogens is 1. The van der Waals surface area contributed by atoms with Crippen LogP contribution in [0.1, 0.15) is 20.8 Å². The summed E-state index contributed by atoms with van der Waals surface area (Å²) in [5.41, 5.74) is 0. The summed E-state index contributed by atoms with van der Waals surface area (Å²) in [5.74, 6) is 0.872. The van der Waals surface area contributed by atoms with Crippen molar-refractivity contribution in [2.24, 2.45) is 0 Å². The Labute approximate surface area is 67.0 Å². The first-order valence-electron chi connectivity index (χ1n) is 3.30. The van der Waals surface area contributed by atoms with Gasteiger partial charge < -0.3 is 0 Å². The lowest BCUT2D eigenvalue weighted by Crippen LogP contribution is -2.14. The third-order valence-electron chi connectivity index (χ3n) is 1.17. The van der Waals surface area contributed by atoms with Crippen molar-refractivity contribution >= 4 is 34.0 Å². The molecule has 0 unspecified atom stereocenters. The highest BCUT2D eigenvalue weighted by Crippen LogP contribution is 2.07. The summed E-state index contributed by atoms with van der Waals surface area (Å²) in [6.45, 7) is 6.81. The largest absolute Gasteiger partial charge is 0.181 e. The van der Waals surface area contributed by atoms with Crippen LogP contribution in [0.2, 0.25) is 12.1 Å². The molecule has 0 N–H and O–H groups in total. The minimum atomic E-state index is 0.872. The molecule has 0 atom stereocenters. The lowest BCUT2D eigenvalue weighted by Gasteiger charge is -2.02. The van der Waals surface area contributed by atoms with E-state index in [1.165, 1.54) is 13.5 Å². The van der Waals surface area contributed by atoms with Crippen LogP contribution in [0.25, 0.3) is 0 Å². The Balaban J connectivity index is 3.10. The maximum Gasteiger partial charge on any atom is 0.181 e. The lowest BCUT2D eigenvalue weighted by molar-refractivity contribution is 1.07. The fraction of sp³-hybridized carbons (Fsp3) is 1.00. The zero-order valence-corrected chi connectivity index (χ0v) is 8.10. The summed E-state index contributed by atoms with van der Waals surface area (Å²) in [4.78, 5) is 0. The fourth-order valence-electron chi connectivity index (χ4n) is 0.678. The average molecular weight is 222 g/mol. The normalized spacial score (nSPS) is 9.62. The zero-order valence-electron chi connectivity index (χ0n) is 5.95. The molecule has 0 aromatic heterocycles. The van der Waals surface area contributed by atoms with Crippen LogP contribution in [-0.4, -0.2) is 11.6 Å². The molecule has 0 aliphatic rings. The zero-order chi connectivity index (χ0) is 6.57. The topological polar surface area (TPSA) is 0 Å². The molecule has 0 rings (SSSR count). The van der Waals surface area contributed by atoms with Crippen molar-refractivity contribution in [2.75, 3.05) is 0 Å². The van der Waals surface area contributed by atoms with E-state index in [4.69, 9.17) is 0 Å². The van der Waals surface area contributed by atoms with Gasteiger partial charge in [-0.3, -0.25) is 0 Å². The molecule has 0 aromatic carbocycles. The molecule has 0 amide bonds. The predicted octanol–water partition coefficient (Wildman–Crippen LogP) is 2.19. The minimum Gasteiger partial charge on any atom is -0.160 e. The first-order chi connectivity index (χ1) is 3.66. The van der Waals surface area contributed by atoms with Crippen LogP contribution >= 0.6 is 22.4 Å². The van der Waals surface area contributed by atoms with Crippen molar-refractivity contribution in [3.8, 4) is 0 Å². The molecule has 0 saturated heterocycles. The molecule has 0 aromatic rings. The molecule has 0 aliphatic carbocycles. The van der Waals surface area contributed by atoms with Gasteiger partial charge in [0.2, 0.25) is 0 Å². The molecule has 0 saturated carbocycles. The van der Waals surface area contributed by atoms with E-state index in [0.717, 1.165) is 10.3 Å². The van der Waals surface area contributed by atoms with Gasteiger partial charge in [0.1, 0.15) is 7.17 Å². The van der Waals surface area contributed by atoms with Crippen LogP contribution < -0.4 is 0 Å². The van der Waals surface area contributed by atoms with Crippen molar-refractivity contribution in [3.63, 3.8) is 0 Å². The molecule has 0 heterocycles. The van der Waals surface area contributed by atoms with Gasteiger partial charge in [-0.25, -0.2) is 0 Å². The summed E-state index contributed by atoms with van der Waals surface area (Å²) >= 11 is 2.52. The molecule has 0 spiro atoms. The van der Waals surface area contributed by atoms with Gasteiger partial charge >= 0.3 is 0 Å². The number of rotatable bonds is 3. The predicted molar refractivity (Wildman–Crippen MR) is 52.5 cm³/mol. The summed E-state index contributed by atoms with van der Waals surface area (Å²) < 4.78 is 0.896. The van der Waals surface area contributed by atoms with Crippen molar-refractivity contribution in [1.82, 2.24) is 0 Å². The van der Waals surface area contributed by atoms with E-state index < -0.39 is 0 Å². The molecule has 0 bridgehead atoms. The SMILES string of the molecule is CCB(I)BC(C)C. The lowest BCUT2D eigenvalue weighted by atomic mass is 9.33. The van der Waals surface area contributed by atoms with Crippen LogP contribution in [0.15, 0.2) is 0 Å². The van der Waals surface area contributed by atoms with Crippen molar-refractivity contribution in [2.45, 2.75) is 32.9 Å². The highest BCUT2D eigenvalue weighted by atomic mass is 127. The molecule has 8 heavy (non-hydrogen) atoms. The van der Waals surface area contributed by atoms with Gasteiger partial charge in [-0.05, 0) is 0 Å². The summed E-state index contributed by atoms with van der Waals surface area (Å²) in [6, 6.07) is 0. The third-order valence-corrected chi connectivity index (χ3v) is 2.56.